The molecule has 0 N–H and O–H groups in total. The summed E-state index contributed by atoms with van der Waals surface area (Å²) in [5, 5.41) is 4.64. The fourth-order valence-electron chi connectivity index (χ4n) is 5.12. The van der Waals surface area contributed by atoms with E-state index in [1.165, 1.54) is 24.1 Å². The van der Waals surface area contributed by atoms with Gasteiger partial charge in [0.1, 0.15) is 6.04 Å². The molecule has 0 spiro atoms. The Morgan fingerprint density at radius 3 is 2.58 bits per heavy atom. The summed E-state index contributed by atoms with van der Waals surface area (Å²) in [6, 6.07) is 4.67. The second-order valence-corrected chi connectivity index (χ2v) is 9.51. The van der Waals surface area contributed by atoms with Crippen molar-refractivity contribution in [1.29, 1.82) is 0 Å². The van der Waals surface area contributed by atoms with Crippen molar-refractivity contribution >= 4 is 40.4 Å². The van der Waals surface area contributed by atoms with Gasteiger partial charge in [-0.2, -0.15) is 18.3 Å². The maximum atomic E-state index is 14.2. The molecule has 0 unspecified atom stereocenters. The first-order chi connectivity index (χ1) is 17.1. The Labute approximate surface area is 210 Å². The summed E-state index contributed by atoms with van der Waals surface area (Å²) in [5.74, 6) is -0.978. The average molecular weight is 521 g/mol. The lowest BCUT2D eigenvalue weighted by molar-refractivity contribution is -0.190. The molecule has 0 bridgehead atoms. The lowest BCUT2D eigenvalue weighted by Crippen LogP contribution is -2.48. The van der Waals surface area contributed by atoms with Crippen molar-refractivity contribution in [1.82, 2.24) is 24.4 Å². The van der Waals surface area contributed by atoms with Gasteiger partial charge in [0.25, 0.3) is 0 Å². The normalized spacial score (nSPS) is 19.1. The molecule has 2 aromatic heterocycles. The van der Waals surface area contributed by atoms with Crippen molar-refractivity contribution in [3.8, 4) is 0 Å². The standard InChI is InChI=1S/C24H24ClF3N6O2/c1-31-17(9-10-21(31)35)23(36)32(2)22(24(26,27)28)14-5-7-15(8-6-14)33-11-3-4-16-18(33)13-29-20-12-19(25)30-34(16)20/h5-8,12-13,17,22H,3-4,9-11H2,1-2H3/t17-,22+/m1/s1. The highest BCUT2D eigenvalue weighted by atomic mass is 35.5. The van der Waals surface area contributed by atoms with Gasteiger partial charge in [0, 0.05) is 38.8 Å². The highest BCUT2D eigenvalue weighted by molar-refractivity contribution is 6.29. The van der Waals surface area contributed by atoms with Crippen LogP contribution in [0.15, 0.2) is 36.5 Å². The first-order valence-corrected chi connectivity index (χ1v) is 11.9. The van der Waals surface area contributed by atoms with Crippen LogP contribution in [-0.4, -0.2) is 69.1 Å². The molecule has 5 rings (SSSR count). The number of likely N-dealkylation sites (tertiary alicyclic amines) is 1. The van der Waals surface area contributed by atoms with Crippen LogP contribution >= 0.6 is 11.6 Å². The zero-order chi connectivity index (χ0) is 25.8. The number of aromatic nitrogens is 3. The van der Waals surface area contributed by atoms with Crippen molar-refractivity contribution in [3.05, 3.63) is 52.9 Å². The Morgan fingerprint density at radius 1 is 1.22 bits per heavy atom. The smallest absolute Gasteiger partial charge is 0.339 e. The van der Waals surface area contributed by atoms with E-state index in [-0.39, 0.29) is 24.3 Å². The summed E-state index contributed by atoms with van der Waals surface area (Å²) in [6.45, 7) is 0.664. The summed E-state index contributed by atoms with van der Waals surface area (Å²) in [6.07, 6.45) is -1.03. The van der Waals surface area contributed by atoms with Gasteiger partial charge in [0.05, 0.1) is 17.6 Å². The van der Waals surface area contributed by atoms with Gasteiger partial charge in [-0.25, -0.2) is 9.50 Å². The SMILES string of the molecule is CN1C(=O)CC[C@@H]1C(=O)N(C)[C@@H](c1ccc(N2CCCc3c2cnc2cc(Cl)nn32)cc1)C(F)(F)F. The van der Waals surface area contributed by atoms with E-state index in [4.69, 9.17) is 11.6 Å². The molecule has 1 saturated heterocycles. The van der Waals surface area contributed by atoms with Crippen molar-refractivity contribution in [2.24, 2.45) is 0 Å². The van der Waals surface area contributed by atoms with Gasteiger partial charge in [-0.3, -0.25) is 9.59 Å². The Morgan fingerprint density at radius 2 is 1.94 bits per heavy atom. The lowest BCUT2D eigenvalue weighted by atomic mass is 10.0. The fourth-order valence-corrected chi connectivity index (χ4v) is 5.29. The number of nitrogens with zero attached hydrogens (tertiary/aromatic N) is 6. The van der Waals surface area contributed by atoms with Crippen LogP contribution in [0.4, 0.5) is 24.5 Å². The predicted octanol–water partition coefficient (Wildman–Crippen LogP) is 4.15. The van der Waals surface area contributed by atoms with Crippen LogP contribution in [0.5, 0.6) is 0 Å². The molecule has 0 saturated carbocycles. The van der Waals surface area contributed by atoms with Gasteiger partial charge < -0.3 is 14.7 Å². The molecule has 2 atom stereocenters. The maximum Gasteiger partial charge on any atom is 0.413 e. The Kier molecular flexibility index (Phi) is 6.06. The number of hydrogen-bond donors (Lipinski definition) is 0. The number of hydrogen-bond acceptors (Lipinski definition) is 5. The highest BCUT2D eigenvalue weighted by Gasteiger charge is 2.47. The summed E-state index contributed by atoms with van der Waals surface area (Å²) in [5.41, 5.74) is 3.02. The summed E-state index contributed by atoms with van der Waals surface area (Å²) >= 11 is 6.04. The van der Waals surface area contributed by atoms with Crippen molar-refractivity contribution < 1.29 is 22.8 Å². The van der Waals surface area contributed by atoms with Gasteiger partial charge in [-0.05, 0) is 37.0 Å². The molecule has 2 amide bonds. The summed E-state index contributed by atoms with van der Waals surface area (Å²) in [7, 11) is 2.58. The number of fused-ring (bicyclic) bond motifs is 3. The Hall–Kier alpha value is -3.34. The van der Waals surface area contributed by atoms with E-state index in [0.717, 1.165) is 31.3 Å². The average Bonchev–Trinajstić information content (AvgIpc) is 3.39. The van der Waals surface area contributed by atoms with Crippen LogP contribution in [0.25, 0.3) is 5.65 Å². The number of amides is 2. The molecular weight excluding hydrogens is 497 g/mol. The molecule has 12 heteroatoms. The van der Waals surface area contributed by atoms with Crippen molar-refractivity contribution in [2.75, 3.05) is 25.5 Å². The topological polar surface area (TPSA) is 74.1 Å². The quantitative estimate of drug-likeness (QED) is 0.517. The minimum Gasteiger partial charge on any atom is -0.339 e. The first kappa shape index (κ1) is 24.4. The second-order valence-electron chi connectivity index (χ2n) is 9.13. The van der Waals surface area contributed by atoms with Gasteiger partial charge in [-0.1, -0.05) is 23.7 Å². The second kappa shape index (κ2) is 8.95. The first-order valence-electron chi connectivity index (χ1n) is 11.6. The molecular formula is C24H24ClF3N6O2. The Balaban J connectivity index is 1.44. The van der Waals surface area contributed by atoms with Crippen molar-refractivity contribution in [3.63, 3.8) is 0 Å². The number of rotatable bonds is 4. The zero-order valence-electron chi connectivity index (χ0n) is 19.7. The van der Waals surface area contributed by atoms with Gasteiger partial charge in [-0.15, -0.1) is 0 Å². The highest BCUT2D eigenvalue weighted by Crippen LogP contribution is 2.40. The third kappa shape index (κ3) is 4.15. The van der Waals surface area contributed by atoms with Gasteiger partial charge in [0.2, 0.25) is 11.8 Å². The molecule has 1 fully saturated rings. The van der Waals surface area contributed by atoms with E-state index in [0.29, 0.717) is 27.9 Å². The molecule has 1 aromatic carbocycles. The van der Waals surface area contributed by atoms with Crippen LogP contribution < -0.4 is 4.90 Å². The fraction of sp³-hybridized carbons (Fsp3) is 0.417. The number of carbonyl (C=O) groups excluding carboxylic acids is 2. The number of alkyl halides is 3. The third-order valence-electron chi connectivity index (χ3n) is 6.96. The molecule has 8 nitrogen and oxygen atoms in total. The van der Waals surface area contributed by atoms with Crippen LogP contribution in [0.1, 0.15) is 36.6 Å². The minimum atomic E-state index is -4.69. The van der Waals surface area contributed by atoms with Crippen LogP contribution in [0, 0.1) is 0 Å². The number of anilines is 2. The van der Waals surface area contributed by atoms with E-state index in [1.807, 2.05) is 4.90 Å². The molecule has 36 heavy (non-hydrogen) atoms. The van der Waals surface area contributed by atoms with Gasteiger partial charge in [0.15, 0.2) is 16.8 Å². The predicted molar refractivity (Wildman–Crippen MR) is 127 cm³/mol. The monoisotopic (exact) mass is 520 g/mol. The van der Waals surface area contributed by atoms with E-state index in [9.17, 15) is 22.8 Å². The van der Waals surface area contributed by atoms with E-state index in [1.54, 1.807) is 28.9 Å². The van der Waals surface area contributed by atoms with Crippen LogP contribution in [-0.2, 0) is 16.0 Å². The largest absolute Gasteiger partial charge is 0.413 e. The van der Waals surface area contributed by atoms with E-state index < -0.39 is 24.2 Å². The molecule has 0 radical (unpaired) electrons. The minimum absolute atomic E-state index is 0.0567. The van der Waals surface area contributed by atoms with Gasteiger partial charge >= 0.3 is 6.18 Å². The lowest BCUT2D eigenvalue weighted by Gasteiger charge is -2.34. The third-order valence-corrected chi connectivity index (χ3v) is 7.15. The zero-order valence-corrected chi connectivity index (χ0v) is 20.4. The number of carbonyl (C=O) groups is 2. The maximum absolute atomic E-state index is 14.2. The number of likely N-dealkylation sites (N-methyl/N-ethyl adjacent to an activating group) is 2. The Bertz CT molecular complexity index is 1330. The van der Waals surface area contributed by atoms with Crippen molar-refractivity contribution in [2.45, 2.75) is 43.9 Å². The number of halogens is 4. The van der Waals surface area contributed by atoms with E-state index in [2.05, 4.69) is 10.1 Å². The summed E-state index contributed by atoms with van der Waals surface area (Å²) in [4.78, 5) is 33.1. The molecule has 190 valence electrons. The van der Waals surface area contributed by atoms with Crippen LogP contribution in [0.3, 0.4) is 0 Å². The summed E-state index contributed by atoms with van der Waals surface area (Å²) < 4.78 is 44.2. The molecule has 2 aliphatic rings. The number of aryl methyl sites for hydroxylation is 1. The molecule has 3 aromatic rings. The van der Waals surface area contributed by atoms with E-state index >= 15 is 0 Å². The molecule has 4 heterocycles. The number of benzene rings is 1. The molecule has 0 aliphatic carbocycles. The van der Waals surface area contributed by atoms with Crippen LogP contribution in [0.2, 0.25) is 5.15 Å². The molecule has 2 aliphatic heterocycles.